The summed E-state index contributed by atoms with van der Waals surface area (Å²) in [5.41, 5.74) is 1.71. The zero-order chi connectivity index (χ0) is 18.1. The molecular weight excluding hydrogens is 336 g/mol. The number of thiophene rings is 1. The van der Waals surface area contributed by atoms with Crippen LogP contribution in [0.15, 0.2) is 34.4 Å². The number of hydrogen-bond donors (Lipinski definition) is 1. The largest absolute Gasteiger partial charge is 0.478 e. The Kier molecular flexibility index (Phi) is 4.72. The first-order valence-corrected chi connectivity index (χ1v) is 9.08. The lowest BCUT2D eigenvalue weighted by molar-refractivity contribution is 0.0699. The number of carbonyl (C=O) groups is 1. The van der Waals surface area contributed by atoms with Gasteiger partial charge in [0.2, 0.25) is 0 Å². The fourth-order valence-electron chi connectivity index (χ4n) is 2.78. The molecule has 6 heteroatoms. The molecule has 0 unspecified atom stereocenters. The van der Waals surface area contributed by atoms with Gasteiger partial charge in [-0.15, -0.1) is 11.3 Å². The standard InChI is InChI=1S/C19H20N2O3S/c1-11(2)7-8-21-16(13-6-4-5-12(3)9-13)20-17-15(18(21)22)14(10-25-17)19(23)24/h4-6,9-11H,7-8H2,1-3H3,(H,23,24). The lowest BCUT2D eigenvalue weighted by Crippen LogP contribution is -2.25. The van der Waals surface area contributed by atoms with Gasteiger partial charge in [0.15, 0.2) is 0 Å². The van der Waals surface area contributed by atoms with Crippen LogP contribution >= 0.6 is 11.3 Å². The number of benzene rings is 1. The fraction of sp³-hybridized carbons (Fsp3) is 0.316. The van der Waals surface area contributed by atoms with Crippen molar-refractivity contribution < 1.29 is 9.90 Å². The lowest BCUT2D eigenvalue weighted by atomic mass is 10.1. The molecule has 1 N–H and O–H groups in total. The normalized spacial score (nSPS) is 11.4. The third-order valence-corrected chi connectivity index (χ3v) is 5.00. The van der Waals surface area contributed by atoms with Crippen molar-refractivity contribution in [1.82, 2.24) is 9.55 Å². The first-order chi connectivity index (χ1) is 11.9. The molecule has 3 rings (SSSR count). The molecule has 0 spiro atoms. The Hall–Kier alpha value is -2.47. The molecule has 0 saturated heterocycles. The van der Waals surface area contributed by atoms with Gasteiger partial charge in [-0.3, -0.25) is 9.36 Å². The smallest absolute Gasteiger partial charge is 0.337 e. The summed E-state index contributed by atoms with van der Waals surface area (Å²) in [4.78, 5) is 29.6. The maximum Gasteiger partial charge on any atom is 0.337 e. The lowest BCUT2D eigenvalue weighted by Gasteiger charge is -2.14. The van der Waals surface area contributed by atoms with E-state index in [4.69, 9.17) is 0 Å². The molecule has 2 heterocycles. The van der Waals surface area contributed by atoms with Gasteiger partial charge in [0.05, 0.1) is 10.9 Å². The van der Waals surface area contributed by atoms with Crippen LogP contribution in [-0.2, 0) is 6.54 Å². The maximum atomic E-state index is 13.1. The van der Waals surface area contributed by atoms with Gasteiger partial charge >= 0.3 is 5.97 Å². The minimum absolute atomic E-state index is 0.0339. The molecule has 0 aliphatic heterocycles. The predicted octanol–water partition coefficient (Wildman–Crippen LogP) is 4.18. The third kappa shape index (κ3) is 3.35. The van der Waals surface area contributed by atoms with Crippen molar-refractivity contribution in [3.05, 3.63) is 51.1 Å². The van der Waals surface area contributed by atoms with Gasteiger partial charge < -0.3 is 5.11 Å². The number of carboxylic acids is 1. The topological polar surface area (TPSA) is 72.2 Å². The van der Waals surface area contributed by atoms with Gasteiger partial charge in [-0.25, -0.2) is 9.78 Å². The summed E-state index contributed by atoms with van der Waals surface area (Å²) < 4.78 is 1.62. The number of rotatable bonds is 5. The number of fused-ring (bicyclic) bond motifs is 1. The molecule has 0 bridgehead atoms. The fourth-order valence-corrected chi connectivity index (χ4v) is 3.68. The number of nitrogens with zero attached hydrogens (tertiary/aromatic N) is 2. The van der Waals surface area contributed by atoms with Gasteiger partial charge in [0.25, 0.3) is 5.56 Å². The number of aromatic carboxylic acids is 1. The van der Waals surface area contributed by atoms with Crippen molar-refractivity contribution >= 4 is 27.5 Å². The average molecular weight is 356 g/mol. The van der Waals surface area contributed by atoms with Crippen LogP contribution in [0.3, 0.4) is 0 Å². The van der Waals surface area contributed by atoms with E-state index < -0.39 is 5.97 Å². The first kappa shape index (κ1) is 17.4. The summed E-state index contributed by atoms with van der Waals surface area (Å²) in [6, 6.07) is 7.85. The van der Waals surface area contributed by atoms with Gasteiger partial charge in [-0.2, -0.15) is 0 Å². The van der Waals surface area contributed by atoms with Crippen molar-refractivity contribution in [3.8, 4) is 11.4 Å². The highest BCUT2D eigenvalue weighted by atomic mass is 32.1. The molecule has 5 nitrogen and oxygen atoms in total. The van der Waals surface area contributed by atoms with Crippen LogP contribution in [0.1, 0.15) is 36.2 Å². The first-order valence-electron chi connectivity index (χ1n) is 8.21. The Labute approximate surface area is 149 Å². The number of hydrogen-bond acceptors (Lipinski definition) is 4. The summed E-state index contributed by atoms with van der Waals surface area (Å²) in [5, 5.41) is 11.1. The minimum Gasteiger partial charge on any atom is -0.478 e. The summed E-state index contributed by atoms with van der Waals surface area (Å²) in [5.74, 6) is -0.0705. The summed E-state index contributed by atoms with van der Waals surface area (Å²) >= 11 is 1.20. The van der Waals surface area contributed by atoms with E-state index in [-0.39, 0.29) is 16.5 Å². The number of aryl methyl sites for hydroxylation is 1. The molecule has 0 aliphatic carbocycles. The van der Waals surface area contributed by atoms with Crippen LogP contribution in [0.5, 0.6) is 0 Å². The van der Waals surface area contributed by atoms with Gasteiger partial charge in [0, 0.05) is 17.5 Å². The van der Waals surface area contributed by atoms with Crippen LogP contribution in [0.4, 0.5) is 0 Å². The molecule has 0 saturated carbocycles. The van der Waals surface area contributed by atoms with E-state index in [1.165, 1.54) is 16.7 Å². The predicted molar refractivity (Wildman–Crippen MR) is 100 cm³/mol. The highest BCUT2D eigenvalue weighted by Crippen LogP contribution is 2.26. The van der Waals surface area contributed by atoms with E-state index in [0.717, 1.165) is 17.5 Å². The van der Waals surface area contributed by atoms with Crippen LogP contribution < -0.4 is 5.56 Å². The molecule has 0 aliphatic rings. The van der Waals surface area contributed by atoms with E-state index >= 15 is 0 Å². The zero-order valence-electron chi connectivity index (χ0n) is 14.4. The monoisotopic (exact) mass is 356 g/mol. The van der Waals surface area contributed by atoms with E-state index in [2.05, 4.69) is 18.8 Å². The molecule has 2 aromatic heterocycles. The van der Waals surface area contributed by atoms with Crippen LogP contribution in [0.25, 0.3) is 21.6 Å². The Morgan fingerprint density at radius 1 is 1.36 bits per heavy atom. The van der Waals surface area contributed by atoms with Crippen molar-refractivity contribution in [2.45, 2.75) is 33.7 Å². The molecule has 130 valence electrons. The second kappa shape index (κ2) is 6.80. The van der Waals surface area contributed by atoms with Crippen molar-refractivity contribution in [3.63, 3.8) is 0 Å². The molecule has 0 atom stereocenters. The molecule has 3 aromatic rings. The van der Waals surface area contributed by atoms with E-state index in [9.17, 15) is 14.7 Å². The Bertz CT molecular complexity index is 1000. The van der Waals surface area contributed by atoms with E-state index in [1.54, 1.807) is 4.57 Å². The van der Waals surface area contributed by atoms with Crippen molar-refractivity contribution in [2.24, 2.45) is 5.92 Å². The molecule has 0 radical (unpaired) electrons. The quantitative estimate of drug-likeness (QED) is 0.744. The second-order valence-electron chi connectivity index (χ2n) is 6.58. The summed E-state index contributed by atoms with van der Waals surface area (Å²) in [7, 11) is 0. The second-order valence-corrected chi connectivity index (χ2v) is 7.44. The highest BCUT2D eigenvalue weighted by molar-refractivity contribution is 7.17. The summed E-state index contributed by atoms with van der Waals surface area (Å²) in [6.45, 7) is 6.69. The van der Waals surface area contributed by atoms with Gasteiger partial charge in [-0.1, -0.05) is 37.6 Å². The van der Waals surface area contributed by atoms with E-state index in [1.807, 2.05) is 31.2 Å². The molecule has 1 aromatic carbocycles. The van der Waals surface area contributed by atoms with E-state index in [0.29, 0.717) is 23.1 Å². The van der Waals surface area contributed by atoms with Gasteiger partial charge in [-0.05, 0) is 25.3 Å². The van der Waals surface area contributed by atoms with Crippen molar-refractivity contribution in [1.29, 1.82) is 0 Å². The zero-order valence-corrected chi connectivity index (χ0v) is 15.3. The summed E-state index contributed by atoms with van der Waals surface area (Å²) in [6.07, 6.45) is 0.818. The Morgan fingerprint density at radius 3 is 2.76 bits per heavy atom. The SMILES string of the molecule is Cc1cccc(-c2nc3scc(C(=O)O)c3c(=O)n2CCC(C)C)c1. The molecule has 25 heavy (non-hydrogen) atoms. The Morgan fingerprint density at radius 2 is 2.12 bits per heavy atom. The van der Waals surface area contributed by atoms with Gasteiger partial charge in [0.1, 0.15) is 10.7 Å². The minimum atomic E-state index is -1.09. The molecule has 0 fully saturated rings. The van der Waals surface area contributed by atoms with Crippen LogP contribution in [0.2, 0.25) is 0 Å². The highest BCUT2D eigenvalue weighted by Gasteiger charge is 2.20. The molecule has 0 amide bonds. The third-order valence-electron chi connectivity index (χ3n) is 4.13. The van der Waals surface area contributed by atoms with Crippen LogP contribution in [-0.4, -0.2) is 20.6 Å². The molecular formula is C19H20N2O3S. The number of aromatic nitrogens is 2. The average Bonchev–Trinajstić information content (AvgIpc) is 2.98. The van der Waals surface area contributed by atoms with Crippen molar-refractivity contribution in [2.75, 3.05) is 0 Å². The number of carboxylic acid groups (broad SMARTS) is 1. The maximum absolute atomic E-state index is 13.1. The van der Waals surface area contributed by atoms with Crippen LogP contribution in [0, 0.1) is 12.8 Å². The Balaban J connectivity index is 2.29.